The van der Waals surface area contributed by atoms with E-state index in [-0.39, 0.29) is 11.8 Å². The molecule has 0 aliphatic carbocycles. The van der Waals surface area contributed by atoms with Crippen LogP contribution in [0.4, 0.5) is 13.2 Å². The summed E-state index contributed by atoms with van der Waals surface area (Å²) in [4.78, 5) is 2.23. The Morgan fingerprint density at radius 1 is 1.30 bits per heavy atom. The van der Waals surface area contributed by atoms with Gasteiger partial charge in [-0.15, -0.1) is 10.2 Å². The number of ether oxygens (including phenoxy) is 1. The van der Waals surface area contributed by atoms with Crippen LogP contribution in [-0.2, 0) is 10.9 Å². The molecule has 2 rings (SSSR count). The summed E-state index contributed by atoms with van der Waals surface area (Å²) in [5.41, 5.74) is 0. The number of halogens is 3. The minimum absolute atomic E-state index is 0.0815. The van der Waals surface area contributed by atoms with Crippen molar-refractivity contribution in [1.29, 1.82) is 0 Å². The van der Waals surface area contributed by atoms with Gasteiger partial charge in [0.15, 0.2) is 0 Å². The maximum absolute atomic E-state index is 12.4. The van der Waals surface area contributed by atoms with Crippen molar-refractivity contribution in [1.82, 2.24) is 15.1 Å². The van der Waals surface area contributed by atoms with E-state index >= 15 is 0 Å². The van der Waals surface area contributed by atoms with E-state index in [0.717, 1.165) is 32.5 Å². The molecule has 0 spiro atoms. The minimum Gasteiger partial charge on any atom is -0.417 e. The average Bonchev–Trinajstić information content (AvgIpc) is 2.89. The number of rotatable bonds is 5. The molecule has 1 aromatic rings. The first-order valence-electron chi connectivity index (χ1n) is 6.71. The van der Waals surface area contributed by atoms with Gasteiger partial charge >= 0.3 is 12.1 Å². The summed E-state index contributed by atoms with van der Waals surface area (Å²) < 4.78 is 47.2. The van der Waals surface area contributed by atoms with Crippen LogP contribution in [0.15, 0.2) is 4.42 Å². The number of alkyl halides is 3. The number of likely N-dealkylation sites (tertiary alicyclic amines) is 1. The topological polar surface area (TPSA) is 51.4 Å². The van der Waals surface area contributed by atoms with Gasteiger partial charge < -0.3 is 14.1 Å². The Bertz CT molecular complexity index is 414. The van der Waals surface area contributed by atoms with E-state index in [9.17, 15) is 13.2 Å². The lowest BCUT2D eigenvalue weighted by molar-refractivity contribution is -0.157. The third-order valence-corrected chi connectivity index (χ3v) is 3.38. The zero-order valence-corrected chi connectivity index (χ0v) is 11.3. The second-order valence-electron chi connectivity index (χ2n) is 4.76. The molecule has 5 nitrogen and oxygen atoms in total. The van der Waals surface area contributed by atoms with Crippen molar-refractivity contribution in [2.45, 2.75) is 31.9 Å². The molecule has 0 atom stereocenters. The first kappa shape index (κ1) is 15.2. The van der Waals surface area contributed by atoms with Gasteiger partial charge in [0.1, 0.15) is 0 Å². The molecule has 1 aliphatic rings. The fraction of sp³-hybridized carbons (Fsp3) is 0.833. The van der Waals surface area contributed by atoms with Crippen molar-refractivity contribution in [2.24, 2.45) is 0 Å². The molecule has 0 unspecified atom stereocenters. The zero-order chi connectivity index (χ0) is 14.6. The van der Waals surface area contributed by atoms with Crippen molar-refractivity contribution in [3.63, 3.8) is 0 Å². The van der Waals surface area contributed by atoms with Crippen molar-refractivity contribution in [3.8, 4) is 0 Å². The van der Waals surface area contributed by atoms with Crippen molar-refractivity contribution < 1.29 is 22.3 Å². The Morgan fingerprint density at radius 2 is 2.00 bits per heavy atom. The highest BCUT2D eigenvalue weighted by atomic mass is 19.4. The van der Waals surface area contributed by atoms with E-state index < -0.39 is 12.1 Å². The summed E-state index contributed by atoms with van der Waals surface area (Å²) >= 11 is 0. The van der Waals surface area contributed by atoms with Gasteiger partial charge in [0, 0.05) is 19.1 Å². The molecule has 1 fully saturated rings. The fourth-order valence-electron chi connectivity index (χ4n) is 2.26. The number of nitrogens with zero attached hydrogens (tertiary/aromatic N) is 3. The fourth-order valence-corrected chi connectivity index (χ4v) is 2.26. The minimum atomic E-state index is -4.57. The highest BCUT2D eigenvalue weighted by Gasteiger charge is 2.39. The van der Waals surface area contributed by atoms with Crippen LogP contribution in [0.25, 0.3) is 0 Å². The molecule has 0 amide bonds. The maximum Gasteiger partial charge on any atom is 0.470 e. The van der Waals surface area contributed by atoms with Crippen LogP contribution in [0.1, 0.15) is 37.5 Å². The molecule has 0 bridgehead atoms. The van der Waals surface area contributed by atoms with Gasteiger partial charge in [-0.3, -0.25) is 0 Å². The molecule has 0 aromatic carbocycles. The van der Waals surface area contributed by atoms with Gasteiger partial charge in [-0.2, -0.15) is 13.2 Å². The normalized spacial score (nSPS) is 18.6. The first-order chi connectivity index (χ1) is 9.50. The van der Waals surface area contributed by atoms with Crippen LogP contribution < -0.4 is 0 Å². The molecule has 8 heteroatoms. The van der Waals surface area contributed by atoms with Gasteiger partial charge in [0.2, 0.25) is 5.89 Å². The number of hydrogen-bond acceptors (Lipinski definition) is 5. The van der Waals surface area contributed by atoms with E-state index in [1.807, 2.05) is 6.92 Å². The second kappa shape index (κ2) is 6.53. The summed E-state index contributed by atoms with van der Waals surface area (Å²) in [6.45, 7) is 5.78. The molecule has 1 aliphatic heterocycles. The van der Waals surface area contributed by atoms with Gasteiger partial charge in [0.05, 0.1) is 6.61 Å². The van der Waals surface area contributed by atoms with E-state index in [0.29, 0.717) is 13.2 Å². The van der Waals surface area contributed by atoms with Crippen molar-refractivity contribution in [2.75, 3.05) is 32.8 Å². The summed E-state index contributed by atoms with van der Waals surface area (Å²) in [5, 5.41) is 6.59. The molecular formula is C12H18F3N3O2. The van der Waals surface area contributed by atoms with E-state index in [1.54, 1.807) is 0 Å². The molecule has 114 valence electrons. The lowest BCUT2D eigenvalue weighted by Crippen LogP contribution is -2.35. The van der Waals surface area contributed by atoms with Crippen molar-refractivity contribution in [3.05, 3.63) is 11.8 Å². The molecule has 0 saturated carbocycles. The first-order valence-corrected chi connectivity index (χ1v) is 6.71. The summed E-state index contributed by atoms with van der Waals surface area (Å²) in [6, 6.07) is 0. The Labute approximate surface area is 115 Å². The van der Waals surface area contributed by atoms with Crippen LogP contribution in [0.3, 0.4) is 0 Å². The van der Waals surface area contributed by atoms with Gasteiger partial charge in [-0.25, -0.2) is 0 Å². The lowest BCUT2D eigenvalue weighted by atomic mass is 9.97. The number of hydrogen-bond donors (Lipinski definition) is 0. The largest absolute Gasteiger partial charge is 0.470 e. The lowest BCUT2D eigenvalue weighted by Gasteiger charge is -2.30. The molecule has 0 radical (unpaired) electrons. The third-order valence-electron chi connectivity index (χ3n) is 3.38. The monoisotopic (exact) mass is 293 g/mol. The molecule has 2 heterocycles. The summed E-state index contributed by atoms with van der Waals surface area (Å²) in [5.74, 6) is -1.24. The number of piperidine rings is 1. The maximum atomic E-state index is 12.4. The van der Waals surface area contributed by atoms with Crippen molar-refractivity contribution >= 4 is 0 Å². The number of aromatic nitrogens is 2. The Morgan fingerprint density at radius 3 is 2.55 bits per heavy atom. The van der Waals surface area contributed by atoms with Crippen LogP contribution in [0.2, 0.25) is 0 Å². The van der Waals surface area contributed by atoms with Crippen LogP contribution in [-0.4, -0.2) is 47.9 Å². The highest BCUT2D eigenvalue weighted by Crippen LogP contribution is 2.32. The molecule has 0 N–H and O–H groups in total. The summed E-state index contributed by atoms with van der Waals surface area (Å²) in [6.07, 6.45) is -3.11. The molecular weight excluding hydrogens is 275 g/mol. The van der Waals surface area contributed by atoms with Gasteiger partial charge in [-0.1, -0.05) is 0 Å². The van der Waals surface area contributed by atoms with E-state index in [1.165, 1.54) is 0 Å². The van der Waals surface area contributed by atoms with E-state index in [4.69, 9.17) is 9.15 Å². The van der Waals surface area contributed by atoms with E-state index in [2.05, 4.69) is 15.1 Å². The molecule has 1 saturated heterocycles. The average molecular weight is 293 g/mol. The SMILES string of the molecule is CCOCCN1CCC(c2nnc(C(F)(F)F)o2)CC1. The zero-order valence-electron chi connectivity index (χ0n) is 11.3. The highest BCUT2D eigenvalue weighted by molar-refractivity contribution is 4.96. The predicted molar refractivity (Wildman–Crippen MR) is 64.2 cm³/mol. The quantitative estimate of drug-likeness (QED) is 0.780. The Balaban J connectivity index is 1.83. The summed E-state index contributed by atoms with van der Waals surface area (Å²) in [7, 11) is 0. The Kier molecular flexibility index (Phi) is 4.98. The molecule has 1 aromatic heterocycles. The predicted octanol–water partition coefficient (Wildman–Crippen LogP) is 2.30. The van der Waals surface area contributed by atoms with Gasteiger partial charge in [-0.05, 0) is 32.9 Å². The van der Waals surface area contributed by atoms with Crippen LogP contribution >= 0.6 is 0 Å². The Hall–Kier alpha value is -1.15. The van der Waals surface area contributed by atoms with Crippen LogP contribution in [0, 0.1) is 0 Å². The third kappa shape index (κ3) is 3.92. The molecule has 20 heavy (non-hydrogen) atoms. The second-order valence-corrected chi connectivity index (χ2v) is 4.76. The van der Waals surface area contributed by atoms with Gasteiger partial charge in [0.25, 0.3) is 0 Å². The standard InChI is InChI=1S/C12H18F3N3O2/c1-2-19-8-7-18-5-3-9(4-6-18)10-16-17-11(20-10)12(13,14)15/h9H,2-8H2,1H3. The smallest absolute Gasteiger partial charge is 0.417 e. The van der Waals surface area contributed by atoms with Crippen LogP contribution in [0.5, 0.6) is 0 Å².